The third-order valence-electron chi connectivity index (χ3n) is 4.98. The van der Waals surface area contributed by atoms with Gasteiger partial charge in [-0.15, -0.1) is 0 Å². The first-order chi connectivity index (χ1) is 13.0. The molecule has 0 fully saturated rings. The first-order valence-corrected chi connectivity index (χ1v) is 8.99. The third kappa shape index (κ3) is 2.97. The van der Waals surface area contributed by atoms with Crippen LogP contribution in [0.25, 0.3) is 5.52 Å². The molecular weight excluding hydrogens is 350 g/mol. The van der Waals surface area contributed by atoms with Gasteiger partial charge in [-0.3, -0.25) is 14.4 Å². The second kappa shape index (κ2) is 7.42. The maximum atomic E-state index is 12.6. The molecule has 0 aromatic carbocycles. The number of nitrogens with zero attached hydrogens (tertiary/aromatic N) is 1. The van der Waals surface area contributed by atoms with Crippen LogP contribution in [0, 0.1) is 6.92 Å². The van der Waals surface area contributed by atoms with Crippen molar-refractivity contribution >= 4 is 23.4 Å². The molecule has 7 nitrogen and oxygen atoms in total. The number of hydrogen-bond donors (Lipinski definition) is 0. The number of pyridine rings is 1. The number of aromatic nitrogens is 1. The fraction of sp³-hybridized carbons (Fsp3) is 0.450. The molecule has 2 aromatic rings. The van der Waals surface area contributed by atoms with Crippen molar-refractivity contribution in [2.75, 3.05) is 20.3 Å². The summed E-state index contributed by atoms with van der Waals surface area (Å²) in [6.07, 6.45) is 0.456. The molecule has 0 aliphatic carbocycles. The summed E-state index contributed by atoms with van der Waals surface area (Å²) in [6.45, 7) is 5.58. The summed E-state index contributed by atoms with van der Waals surface area (Å²) in [5.41, 5.74) is 3.75. The van der Waals surface area contributed by atoms with Gasteiger partial charge in [0.15, 0.2) is 5.92 Å². The highest BCUT2D eigenvalue weighted by atomic mass is 16.6. The van der Waals surface area contributed by atoms with Crippen LogP contribution in [0.1, 0.15) is 48.2 Å². The maximum Gasteiger partial charge on any atom is 0.324 e. The number of hydrogen-bond acceptors (Lipinski definition) is 6. The lowest BCUT2D eigenvalue weighted by Gasteiger charge is -2.16. The highest BCUT2D eigenvalue weighted by Crippen LogP contribution is 2.40. The largest absolute Gasteiger partial charge is 0.468 e. The Kier molecular flexibility index (Phi) is 5.21. The summed E-state index contributed by atoms with van der Waals surface area (Å²) in [6, 6.07) is 5.50. The molecule has 1 aliphatic heterocycles. The van der Waals surface area contributed by atoms with Crippen LogP contribution in [0.15, 0.2) is 18.2 Å². The Morgan fingerprint density at radius 3 is 2.33 bits per heavy atom. The summed E-state index contributed by atoms with van der Waals surface area (Å²) in [5, 5.41) is 0. The van der Waals surface area contributed by atoms with E-state index in [-0.39, 0.29) is 19.2 Å². The van der Waals surface area contributed by atoms with E-state index in [9.17, 15) is 14.4 Å². The fourth-order valence-electron chi connectivity index (χ4n) is 3.86. The minimum Gasteiger partial charge on any atom is -0.468 e. The number of ether oxygens (including phenoxy) is 3. The van der Waals surface area contributed by atoms with Gasteiger partial charge < -0.3 is 18.6 Å². The zero-order valence-electron chi connectivity index (χ0n) is 15.9. The Hall–Kier alpha value is -2.83. The Bertz CT molecular complexity index is 895. The van der Waals surface area contributed by atoms with E-state index in [2.05, 4.69) is 0 Å². The zero-order chi connectivity index (χ0) is 19.7. The number of rotatable bonds is 6. The van der Waals surface area contributed by atoms with Gasteiger partial charge in [0.1, 0.15) is 5.92 Å². The number of carbonyl (C=O) groups excluding carboxylic acids is 3. The van der Waals surface area contributed by atoms with Gasteiger partial charge in [-0.05, 0) is 38.5 Å². The highest BCUT2D eigenvalue weighted by Gasteiger charge is 2.40. The van der Waals surface area contributed by atoms with E-state index >= 15 is 0 Å². The van der Waals surface area contributed by atoms with Crippen molar-refractivity contribution in [3.05, 3.63) is 40.7 Å². The Labute approximate surface area is 157 Å². The average Bonchev–Trinajstić information content (AvgIpc) is 3.16. The molecule has 27 heavy (non-hydrogen) atoms. The van der Waals surface area contributed by atoms with Crippen molar-refractivity contribution in [1.29, 1.82) is 0 Å². The lowest BCUT2D eigenvalue weighted by atomic mass is 9.92. The van der Waals surface area contributed by atoms with Crippen LogP contribution in [0.5, 0.6) is 0 Å². The molecule has 3 rings (SSSR count). The van der Waals surface area contributed by atoms with Crippen molar-refractivity contribution < 1.29 is 28.6 Å². The average molecular weight is 373 g/mol. The smallest absolute Gasteiger partial charge is 0.324 e. The molecule has 0 spiro atoms. The molecule has 0 N–H and O–H groups in total. The predicted octanol–water partition coefficient (Wildman–Crippen LogP) is 2.27. The SMILES string of the molecule is CCOC(=O)C(C(=O)OCC)c1c(C)c2n3c(cccc13)C(C(=O)OC)C2. The van der Waals surface area contributed by atoms with Crippen LogP contribution >= 0.6 is 0 Å². The third-order valence-corrected chi connectivity index (χ3v) is 4.98. The molecule has 2 aromatic heterocycles. The first-order valence-electron chi connectivity index (χ1n) is 8.99. The molecular formula is C20H23NO6. The Morgan fingerprint density at radius 1 is 1.15 bits per heavy atom. The van der Waals surface area contributed by atoms with Crippen LogP contribution in [0.2, 0.25) is 0 Å². The van der Waals surface area contributed by atoms with Crippen molar-refractivity contribution in [3.63, 3.8) is 0 Å². The number of carbonyl (C=O) groups is 3. The van der Waals surface area contributed by atoms with Gasteiger partial charge in [0.05, 0.1) is 25.8 Å². The minimum atomic E-state index is -1.15. The molecule has 1 aliphatic rings. The van der Waals surface area contributed by atoms with Gasteiger partial charge in [-0.1, -0.05) is 6.07 Å². The second-order valence-corrected chi connectivity index (χ2v) is 6.37. The number of methoxy groups -OCH3 is 1. The predicted molar refractivity (Wildman–Crippen MR) is 96.6 cm³/mol. The van der Waals surface area contributed by atoms with Gasteiger partial charge in [0.25, 0.3) is 0 Å². The van der Waals surface area contributed by atoms with Crippen molar-refractivity contribution in [3.8, 4) is 0 Å². The lowest BCUT2D eigenvalue weighted by Crippen LogP contribution is -2.27. The van der Waals surface area contributed by atoms with E-state index < -0.39 is 23.8 Å². The van der Waals surface area contributed by atoms with Crippen LogP contribution in [-0.2, 0) is 35.0 Å². The Morgan fingerprint density at radius 2 is 1.78 bits per heavy atom. The fourth-order valence-corrected chi connectivity index (χ4v) is 3.86. The first kappa shape index (κ1) is 18.9. The van der Waals surface area contributed by atoms with E-state index in [1.165, 1.54) is 7.11 Å². The van der Waals surface area contributed by atoms with E-state index in [1.54, 1.807) is 13.8 Å². The topological polar surface area (TPSA) is 83.3 Å². The summed E-state index contributed by atoms with van der Waals surface area (Å²) in [4.78, 5) is 37.3. The van der Waals surface area contributed by atoms with Crippen molar-refractivity contribution in [2.45, 2.75) is 39.0 Å². The maximum absolute atomic E-state index is 12.6. The summed E-state index contributed by atoms with van der Waals surface area (Å²) in [5.74, 6) is -3.12. The van der Waals surface area contributed by atoms with E-state index in [0.717, 1.165) is 17.0 Å². The zero-order valence-corrected chi connectivity index (χ0v) is 15.9. The van der Waals surface area contributed by atoms with Gasteiger partial charge in [0, 0.05) is 23.4 Å². The molecule has 0 saturated carbocycles. The quantitative estimate of drug-likeness (QED) is 0.439. The van der Waals surface area contributed by atoms with Crippen LogP contribution < -0.4 is 0 Å². The van der Waals surface area contributed by atoms with Crippen molar-refractivity contribution in [2.24, 2.45) is 0 Å². The molecule has 0 radical (unpaired) electrons. The highest BCUT2D eigenvalue weighted by molar-refractivity contribution is 6.03. The molecule has 0 amide bonds. The molecule has 144 valence electrons. The van der Waals surface area contributed by atoms with Crippen LogP contribution in [-0.4, -0.2) is 42.6 Å². The molecule has 0 saturated heterocycles. The summed E-state index contributed by atoms with van der Waals surface area (Å²) in [7, 11) is 1.37. The van der Waals surface area contributed by atoms with Gasteiger partial charge in [0.2, 0.25) is 0 Å². The molecule has 0 bridgehead atoms. The number of esters is 3. The monoisotopic (exact) mass is 373 g/mol. The van der Waals surface area contributed by atoms with Gasteiger partial charge in [-0.2, -0.15) is 0 Å². The van der Waals surface area contributed by atoms with Crippen LogP contribution in [0.3, 0.4) is 0 Å². The van der Waals surface area contributed by atoms with Crippen LogP contribution in [0.4, 0.5) is 0 Å². The summed E-state index contributed by atoms with van der Waals surface area (Å²) >= 11 is 0. The Balaban J connectivity index is 2.19. The molecule has 3 heterocycles. The van der Waals surface area contributed by atoms with Gasteiger partial charge >= 0.3 is 17.9 Å². The van der Waals surface area contributed by atoms with E-state index in [0.29, 0.717) is 17.5 Å². The minimum absolute atomic E-state index is 0.169. The summed E-state index contributed by atoms with van der Waals surface area (Å²) < 4.78 is 17.1. The second-order valence-electron chi connectivity index (χ2n) is 6.37. The van der Waals surface area contributed by atoms with Gasteiger partial charge in [-0.25, -0.2) is 0 Å². The normalized spacial score (nSPS) is 15.2. The molecule has 1 unspecified atom stereocenters. The van der Waals surface area contributed by atoms with E-state index in [4.69, 9.17) is 14.2 Å². The molecule has 7 heteroatoms. The van der Waals surface area contributed by atoms with E-state index in [1.807, 2.05) is 29.5 Å². The molecule has 1 atom stereocenters. The lowest BCUT2D eigenvalue weighted by molar-refractivity contribution is -0.157. The standard InChI is InChI=1S/C20H23NO6/c1-5-26-19(23)17(20(24)27-6-2)16-11(3)15-10-12(18(22)25-4)13-8-7-9-14(16)21(13)15/h7-9,12,17H,5-6,10H2,1-4H3. The van der Waals surface area contributed by atoms with Crippen molar-refractivity contribution in [1.82, 2.24) is 4.40 Å².